The van der Waals surface area contributed by atoms with Crippen LogP contribution in [0, 0.1) is 0 Å². The highest BCUT2D eigenvalue weighted by atomic mass is 35.5. The van der Waals surface area contributed by atoms with Gasteiger partial charge in [-0.1, -0.05) is 12.8 Å². The van der Waals surface area contributed by atoms with Crippen LogP contribution in [0.4, 0.5) is 0 Å². The van der Waals surface area contributed by atoms with Crippen molar-refractivity contribution in [2.24, 2.45) is 0 Å². The molecule has 0 aromatic carbocycles. The normalized spacial score (nSPS) is 10.2. The lowest BCUT2D eigenvalue weighted by molar-refractivity contribution is 0.306. The minimum absolute atomic E-state index is 0.783. The maximum absolute atomic E-state index is 5.57. The van der Waals surface area contributed by atoms with Gasteiger partial charge < -0.3 is 4.74 Å². The van der Waals surface area contributed by atoms with Gasteiger partial charge in [-0.3, -0.25) is 0 Å². The van der Waals surface area contributed by atoms with Crippen molar-refractivity contribution in [2.75, 3.05) is 12.5 Å². The van der Waals surface area contributed by atoms with Crippen LogP contribution in [-0.4, -0.2) is 12.5 Å². The lowest BCUT2D eigenvalue weighted by Gasteiger charge is -2.02. The molecule has 1 aromatic rings. The molecule has 0 unspecified atom stereocenters. The molecule has 0 saturated carbocycles. The summed E-state index contributed by atoms with van der Waals surface area (Å²) in [6, 6.07) is 2.00. The summed E-state index contributed by atoms with van der Waals surface area (Å²) in [6.45, 7) is 0.832. The van der Waals surface area contributed by atoms with E-state index < -0.39 is 0 Å². The lowest BCUT2D eigenvalue weighted by Crippen LogP contribution is -1.95. The number of thiophene rings is 1. The highest BCUT2D eigenvalue weighted by Gasteiger charge is 1.93. The number of alkyl halides is 1. The summed E-state index contributed by atoms with van der Waals surface area (Å²) in [6.07, 6.45) is 4.69. The van der Waals surface area contributed by atoms with E-state index in [0.29, 0.717) is 0 Å². The molecule has 0 aliphatic rings. The fraction of sp³-hybridized carbons (Fsp3) is 0.600. The molecule has 1 aromatic heterocycles. The molecule has 74 valence electrons. The standard InChI is InChI=1S/C10H15ClOS/c11-6-3-1-2-4-7-12-10-5-8-13-9-10/h5,8-9H,1-4,6-7H2. The van der Waals surface area contributed by atoms with Crippen LogP contribution < -0.4 is 4.74 Å². The molecule has 1 rings (SSSR count). The Hall–Kier alpha value is -0.210. The van der Waals surface area contributed by atoms with Crippen molar-refractivity contribution >= 4 is 22.9 Å². The quantitative estimate of drug-likeness (QED) is 0.498. The van der Waals surface area contributed by atoms with Crippen molar-refractivity contribution in [3.05, 3.63) is 16.8 Å². The first-order chi connectivity index (χ1) is 6.43. The Morgan fingerprint density at radius 2 is 2.08 bits per heavy atom. The van der Waals surface area contributed by atoms with E-state index in [9.17, 15) is 0 Å². The molecular formula is C10H15ClOS. The summed E-state index contributed by atoms with van der Waals surface area (Å²) in [5.41, 5.74) is 0. The first kappa shape index (κ1) is 10.9. The molecular weight excluding hydrogens is 204 g/mol. The zero-order chi connectivity index (χ0) is 9.36. The number of halogens is 1. The predicted octanol–water partition coefficient (Wildman–Crippen LogP) is 3.93. The highest BCUT2D eigenvalue weighted by molar-refractivity contribution is 7.08. The monoisotopic (exact) mass is 218 g/mol. The average molecular weight is 219 g/mol. The fourth-order valence-electron chi connectivity index (χ4n) is 1.07. The average Bonchev–Trinajstić information content (AvgIpc) is 2.63. The third-order valence-electron chi connectivity index (χ3n) is 1.79. The molecule has 0 fully saturated rings. The minimum atomic E-state index is 0.783. The molecule has 13 heavy (non-hydrogen) atoms. The van der Waals surface area contributed by atoms with Crippen LogP contribution in [0.5, 0.6) is 5.75 Å². The Kier molecular flexibility index (Phi) is 6.03. The van der Waals surface area contributed by atoms with E-state index in [0.717, 1.165) is 31.1 Å². The van der Waals surface area contributed by atoms with Gasteiger partial charge >= 0.3 is 0 Å². The van der Waals surface area contributed by atoms with E-state index in [1.165, 1.54) is 12.8 Å². The zero-order valence-corrected chi connectivity index (χ0v) is 9.24. The third kappa shape index (κ3) is 5.17. The Bertz CT molecular complexity index is 199. The summed E-state index contributed by atoms with van der Waals surface area (Å²) < 4.78 is 5.50. The van der Waals surface area contributed by atoms with Gasteiger partial charge in [0.2, 0.25) is 0 Å². The third-order valence-corrected chi connectivity index (χ3v) is 2.72. The van der Waals surface area contributed by atoms with E-state index in [4.69, 9.17) is 16.3 Å². The molecule has 1 heterocycles. The van der Waals surface area contributed by atoms with Crippen LogP contribution in [0.1, 0.15) is 25.7 Å². The van der Waals surface area contributed by atoms with Gasteiger partial charge in [-0.05, 0) is 24.3 Å². The number of unbranched alkanes of at least 4 members (excludes halogenated alkanes) is 3. The summed E-state index contributed by atoms with van der Waals surface area (Å²) in [5.74, 6) is 1.79. The second kappa shape index (κ2) is 7.22. The Labute approximate surface area is 88.7 Å². The van der Waals surface area contributed by atoms with Gasteiger partial charge in [-0.2, -0.15) is 0 Å². The molecule has 0 amide bonds. The van der Waals surface area contributed by atoms with E-state index in [2.05, 4.69) is 0 Å². The second-order valence-electron chi connectivity index (χ2n) is 2.91. The van der Waals surface area contributed by atoms with E-state index >= 15 is 0 Å². The van der Waals surface area contributed by atoms with Gasteiger partial charge in [0.1, 0.15) is 5.75 Å². The van der Waals surface area contributed by atoms with Crippen LogP contribution in [0.15, 0.2) is 16.8 Å². The molecule has 0 spiro atoms. The molecule has 1 nitrogen and oxygen atoms in total. The van der Waals surface area contributed by atoms with Gasteiger partial charge in [0, 0.05) is 11.3 Å². The van der Waals surface area contributed by atoms with Crippen molar-refractivity contribution < 1.29 is 4.74 Å². The zero-order valence-electron chi connectivity index (χ0n) is 7.67. The summed E-state index contributed by atoms with van der Waals surface area (Å²) >= 11 is 7.23. The first-order valence-corrected chi connectivity index (χ1v) is 6.12. The van der Waals surface area contributed by atoms with E-state index in [-0.39, 0.29) is 0 Å². The van der Waals surface area contributed by atoms with Crippen LogP contribution in [-0.2, 0) is 0 Å². The number of rotatable bonds is 7. The maximum Gasteiger partial charge on any atom is 0.129 e. The molecule has 0 aliphatic heterocycles. The smallest absolute Gasteiger partial charge is 0.129 e. The SMILES string of the molecule is ClCCCCCCOc1ccsc1. The largest absolute Gasteiger partial charge is 0.493 e. The van der Waals surface area contributed by atoms with E-state index in [1.54, 1.807) is 11.3 Å². The van der Waals surface area contributed by atoms with Crippen molar-refractivity contribution in [1.29, 1.82) is 0 Å². The van der Waals surface area contributed by atoms with Crippen molar-refractivity contribution in [1.82, 2.24) is 0 Å². The second-order valence-corrected chi connectivity index (χ2v) is 4.07. The van der Waals surface area contributed by atoms with Gasteiger partial charge in [0.05, 0.1) is 6.61 Å². The van der Waals surface area contributed by atoms with Gasteiger partial charge in [-0.25, -0.2) is 0 Å². The minimum Gasteiger partial charge on any atom is -0.493 e. The van der Waals surface area contributed by atoms with Crippen molar-refractivity contribution in [3.63, 3.8) is 0 Å². The molecule has 0 aliphatic carbocycles. The van der Waals surface area contributed by atoms with Crippen molar-refractivity contribution in [2.45, 2.75) is 25.7 Å². The van der Waals surface area contributed by atoms with E-state index in [1.807, 2.05) is 16.8 Å². The first-order valence-electron chi connectivity index (χ1n) is 4.64. The van der Waals surface area contributed by atoms with Gasteiger partial charge in [0.25, 0.3) is 0 Å². The fourth-order valence-corrected chi connectivity index (χ4v) is 1.84. The van der Waals surface area contributed by atoms with Crippen molar-refractivity contribution in [3.8, 4) is 5.75 Å². The Balaban J connectivity index is 1.90. The molecule has 0 saturated heterocycles. The van der Waals surface area contributed by atoms with Crippen LogP contribution >= 0.6 is 22.9 Å². The molecule has 3 heteroatoms. The summed E-state index contributed by atoms with van der Waals surface area (Å²) in [7, 11) is 0. The molecule has 0 N–H and O–H groups in total. The van der Waals surface area contributed by atoms with Crippen LogP contribution in [0.3, 0.4) is 0 Å². The predicted molar refractivity (Wildman–Crippen MR) is 59.0 cm³/mol. The Morgan fingerprint density at radius 1 is 1.23 bits per heavy atom. The summed E-state index contributed by atoms with van der Waals surface area (Å²) in [5, 5.41) is 4.06. The summed E-state index contributed by atoms with van der Waals surface area (Å²) in [4.78, 5) is 0. The lowest BCUT2D eigenvalue weighted by atomic mass is 10.2. The molecule has 0 atom stereocenters. The van der Waals surface area contributed by atoms with Crippen LogP contribution in [0.25, 0.3) is 0 Å². The molecule has 0 bridgehead atoms. The van der Waals surface area contributed by atoms with Gasteiger partial charge in [-0.15, -0.1) is 22.9 Å². The number of ether oxygens (including phenoxy) is 1. The maximum atomic E-state index is 5.57. The number of hydrogen-bond donors (Lipinski definition) is 0. The molecule has 0 radical (unpaired) electrons. The van der Waals surface area contributed by atoms with Crippen LogP contribution in [0.2, 0.25) is 0 Å². The topological polar surface area (TPSA) is 9.23 Å². The number of hydrogen-bond acceptors (Lipinski definition) is 2. The van der Waals surface area contributed by atoms with Gasteiger partial charge in [0.15, 0.2) is 0 Å². The highest BCUT2D eigenvalue weighted by Crippen LogP contribution is 2.15. The Morgan fingerprint density at radius 3 is 2.77 bits per heavy atom.